The van der Waals surface area contributed by atoms with E-state index in [1.165, 1.54) is 96.3 Å². The number of phosphoric ester groups is 1. The van der Waals surface area contributed by atoms with Gasteiger partial charge in [-0.3, -0.25) is 18.6 Å². The molecule has 0 aliphatic rings. The van der Waals surface area contributed by atoms with E-state index in [1.807, 2.05) is 6.92 Å². The van der Waals surface area contributed by atoms with E-state index in [1.54, 1.807) is 0 Å². The predicted molar refractivity (Wildman–Crippen MR) is 176 cm³/mol. The largest absolute Gasteiger partial charge is 0.480 e. The van der Waals surface area contributed by atoms with E-state index in [0.717, 1.165) is 25.7 Å². The summed E-state index contributed by atoms with van der Waals surface area (Å²) in [5.74, 6) is -2.40. The summed E-state index contributed by atoms with van der Waals surface area (Å²) in [5.41, 5.74) is 0. The molecular formula is C33H64NO10P. The number of aliphatic carboxylic acids is 1. The summed E-state index contributed by atoms with van der Waals surface area (Å²) in [6.07, 6.45) is 24.2. The number of unbranched alkanes of at least 4 members (excludes halogenated alkanes) is 19. The number of carboxylic acid groups (broad SMARTS) is 1. The first-order valence-corrected chi connectivity index (χ1v) is 19.1. The molecule has 45 heavy (non-hydrogen) atoms. The molecule has 0 rings (SSSR count). The third-order valence-electron chi connectivity index (χ3n) is 7.65. The van der Waals surface area contributed by atoms with Gasteiger partial charge in [-0.1, -0.05) is 136 Å². The second-order valence-corrected chi connectivity index (χ2v) is 13.5. The lowest BCUT2D eigenvalue weighted by Gasteiger charge is -2.18. The van der Waals surface area contributed by atoms with Gasteiger partial charge >= 0.3 is 19.8 Å². The molecule has 0 aromatic heterocycles. The topological polar surface area (TPSA) is 169 Å². The summed E-state index contributed by atoms with van der Waals surface area (Å²) in [6, 6.07) is -1.54. The number of hydrogen-bond donors (Lipinski definition) is 4. The molecule has 0 saturated heterocycles. The Balaban J connectivity index is 3.83. The molecule has 3 atom stereocenters. The number of phosphoric acid groups is 1. The predicted octanol–water partition coefficient (Wildman–Crippen LogP) is 7.61. The average molecular weight is 666 g/mol. The van der Waals surface area contributed by atoms with Gasteiger partial charge in [-0.2, -0.15) is 0 Å². The Labute approximate surface area is 272 Å². The lowest BCUT2D eigenvalue weighted by molar-refractivity contribution is -0.147. The van der Waals surface area contributed by atoms with Crippen molar-refractivity contribution in [3.63, 3.8) is 0 Å². The fourth-order valence-corrected chi connectivity index (χ4v) is 5.59. The van der Waals surface area contributed by atoms with Crippen LogP contribution >= 0.6 is 7.82 Å². The van der Waals surface area contributed by atoms with E-state index >= 15 is 0 Å². The summed E-state index contributed by atoms with van der Waals surface area (Å²) < 4.78 is 26.3. The molecule has 11 nitrogen and oxygen atoms in total. The average Bonchev–Trinajstić information content (AvgIpc) is 3.01. The molecule has 0 fully saturated rings. The molecule has 0 aliphatic carbocycles. The van der Waals surface area contributed by atoms with Crippen LogP contribution in [-0.2, 0) is 32.7 Å². The van der Waals surface area contributed by atoms with Gasteiger partial charge < -0.3 is 25.2 Å². The van der Waals surface area contributed by atoms with Crippen LogP contribution in [0.25, 0.3) is 0 Å². The van der Waals surface area contributed by atoms with E-state index in [0.29, 0.717) is 12.8 Å². The number of aliphatic hydroxyl groups excluding tert-OH is 1. The zero-order chi connectivity index (χ0) is 33.6. The van der Waals surface area contributed by atoms with E-state index in [4.69, 9.17) is 9.26 Å². The molecule has 0 radical (unpaired) electrons. The van der Waals surface area contributed by atoms with E-state index in [-0.39, 0.29) is 12.8 Å². The minimum atomic E-state index is -4.72. The third kappa shape index (κ3) is 29.6. The summed E-state index contributed by atoms with van der Waals surface area (Å²) in [4.78, 5) is 45.0. The lowest BCUT2D eigenvalue weighted by Crippen LogP contribution is -2.43. The fraction of sp³-hybridized carbons (Fsp3) is 0.909. The number of esters is 1. The van der Waals surface area contributed by atoms with Crippen LogP contribution in [0.2, 0.25) is 0 Å². The maximum atomic E-state index is 12.2. The van der Waals surface area contributed by atoms with Gasteiger partial charge in [0.25, 0.3) is 0 Å². The zero-order valence-electron chi connectivity index (χ0n) is 28.2. The smallest absolute Gasteiger partial charge is 0.472 e. The van der Waals surface area contributed by atoms with Crippen molar-refractivity contribution in [1.82, 2.24) is 5.32 Å². The molecule has 0 bridgehead atoms. The quantitative estimate of drug-likeness (QED) is 0.0311. The minimum Gasteiger partial charge on any atom is -0.480 e. The first kappa shape index (κ1) is 43.5. The second kappa shape index (κ2) is 29.9. The molecule has 0 spiro atoms. The van der Waals surface area contributed by atoms with Crippen LogP contribution in [0.1, 0.15) is 162 Å². The Morgan fingerprint density at radius 3 is 1.49 bits per heavy atom. The van der Waals surface area contributed by atoms with Crippen LogP contribution in [0.3, 0.4) is 0 Å². The van der Waals surface area contributed by atoms with Gasteiger partial charge in [0.1, 0.15) is 12.7 Å². The Morgan fingerprint density at radius 1 is 0.622 bits per heavy atom. The SMILES string of the molecule is CCCCCCCCCCCCCCCCCCCCCC(=O)NC(COP(=O)(O)OCC(O)COC(=O)CCCC)C(=O)O. The number of carbonyl (C=O) groups excluding carboxylic acids is 2. The van der Waals surface area contributed by atoms with Gasteiger partial charge in [0.15, 0.2) is 6.04 Å². The van der Waals surface area contributed by atoms with Crippen LogP contribution < -0.4 is 5.32 Å². The van der Waals surface area contributed by atoms with Crippen LogP contribution in [0.5, 0.6) is 0 Å². The molecule has 0 saturated carbocycles. The summed E-state index contributed by atoms with van der Waals surface area (Å²) in [5, 5.41) is 21.4. The van der Waals surface area contributed by atoms with Crippen molar-refractivity contribution in [2.24, 2.45) is 0 Å². The van der Waals surface area contributed by atoms with Crippen molar-refractivity contribution in [2.45, 2.75) is 174 Å². The first-order valence-electron chi connectivity index (χ1n) is 17.6. The minimum absolute atomic E-state index is 0.152. The summed E-state index contributed by atoms with van der Waals surface area (Å²) in [7, 11) is -4.72. The fourth-order valence-electron chi connectivity index (χ4n) is 4.82. The Bertz CT molecular complexity index is 797. The second-order valence-electron chi connectivity index (χ2n) is 12.1. The van der Waals surface area contributed by atoms with Crippen LogP contribution in [0.4, 0.5) is 0 Å². The van der Waals surface area contributed by atoms with Crippen molar-refractivity contribution < 1.29 is 47.8 Å². The highest BCUT2D eigenvalue weighted by molar-refractivity contribution is 7.47. The van der Waals surface area contributed by atoms with Gasteiger partial charge in [0.2, 0.25) is 5.91 Å². The summed E-state index contributed by atoms with van der Waals surface area (Å²) >= 11 is 0. The highest BCUT2D eigenvalue weighted by atomic mass is 31.2. The number of carbonyl (C=O) groups is 3. The highest BCUT2D eigenvalue weighted by Gasteiger charge is 2.28. The maximum absolute atomic E-state index is 12.2. The lowest BCUT2D eigenvalue weighted by atomic mass is 10.0. The first-order chi connectivity index (χ1) is 21.6. The number of rotatable bonds is 33. The van der Waals surface area contributed by atoms with Crippen molar-refractivity contribution >= 4 is 25.7 Å². The molecule has 4 N–H and O–H groups in total. The molecule has 266 valence electrons. The number of ether oxygens (including phenoxy) is 1. The molecule has 1 amide bonds. The Kier molecular flexibility index (Phi) is 28.8. The molecule has 12 heteroatoms. The monoisotopic (exact) mass is 665 g/mol. The van der Waals surface area contributed by atoms with E-state index < -0.39 is 57.6 Å². The van der Waals surface area contributed by atoms with Gasteiger partial charge in [-0.25, -0.2) is 9.36 Å². The number of aliphatic hydroxyl groups is 1. The number of amides is 1. The molecule has 0 heterocycles. The van der Waals surface area contributed by atoms with Crippen LogP contribution in [-0.4, -0.2) is 64.9 Å². The van der Waals surface area contributed by atoms with Crippen molar-refractivity contribution in [3.8, 4) is 0 Å². The Morgan fingerprint density at radius 2 is 1.04 bits per heavy atom. The van der Waals surface area contributed by atoms with Crippen molar-refractivity contribution in [2.75, 3.05) is 19.8 Å². The molecule has 0 aromatic carbocycles. The summed E-state index contributed by atoms with van der Waals surface area (Å²) in [6.45, 7) is 2.29. The van der Waals surface area contributed by atoms with Gasteiger partial charge in [0, 0.05) is 12.8 Å². The Hall–Kier alpha value is -1.52. The molecule has 0 aromatic rings. The standard InChI is InChI=1S/C33H64NO10P/c1-3-5-7-8-9-10-11-12-13-14-15-16-17-18-19-20-21-22-23-24-31(36)34-30(33(38)39)28-44-45(40,41)43-27-29(35)26-42-32(37)25-6-4-2/h29-30,35H,3-28H2,1-2H3,(H,34,36)(H,38,39)(H,40,41). The van der Waals surface area contributed by atoms with Gasteiger partial charge in [0.05, 0.1) is 13.2 Å². The molecule has 3 unspecified atom stereocenters. The zero-order valence-corrected chi connectivity index (χ0v) is 29.1. The van der Waals surface area contributed by atoms with Gasteiger partial charge in [-0.15, -0.1) is 0 Å². The van der Waals surface area contributed by atoms with E-state index in [9.17, 15) is 34.1 Å². The van der Waals surface area contributed by atoms with Crippen LogP contribution in [0, 0.1) is 0 Å². The number of carboxylic acids is 1. The van der Waals surface area contributed by atoms with E-state index in [2.05, 4.69) is 16.8 Å². The number of nitrogens with one attached hydrogen (secondary N) is 1. The van der Waals surface area contributed by atoms with Crippen molar-refractivity contribution in [3.05, 3.63) is 0 Å². The number of hydrogen-bond acceptors (Lipinski definition) is 8. The van der Waals surface area contributed by atoms with Gasteiger partial charge in [-0.05, 0) is 12.8 Å². The van der Waals surface area contributed by atoms with Crippen LogP contribution in [0.15, 0.2) is 0 Å². The van der Waals surface area contributed by atoms with Crippen molar-refractivity contribution in [1.29, 1.82) is 0 Å². The molecular weight excluding hydrogens is 601 g/mol. The maximum Gasteiger partial charge on any atom is 0.472 e. The highest BCUT2D eigenvalue weighted by Crippen LogP contribution is 2.43. The normalized spacial score (nSPS) is 14.0. The third-order valence-corrected chi connectivity index (χ3v) is 8.60. The molecule has 0 aliphatic heterocycles.